The summed E-state index contributed by atoms with van der Waals surface area (Å²) in [6.07, 6.45) is 2.98. The second-order valence-electron chi connectivity index (χ2n) is 6.44. The Kier molecular flexibility index (Phi) is 7.44. The zero-order valence-corrected chi connectivity index (χ0v) is 15.2. The number of aryl methyl sites for hydroxylation is 1. The Morgan fingerprint density at radius 3 is 2.58 bits per heavy atom. The van der Waals surface area contributed by atoms with Crippen LogP contribution in [0.1, 0.15) is 44.6 Å². The molecule has 7 nitrogen and oxygen atoms in total. The van der Waals surface area contributed by atoms with Gasteiger partial charge in [0.15, 0.2) is 6.10 Å². The number of ether oxygens (including phenoxy) is 2. The number of esters is 1. The van der Waals surface area contributed by atoms with Gasteiger partial charge in [-0.25, -0.2) is 4.79 Å². The molecule has 1 fully saturated rings. The van der Waals surface area contributed by atoms with E-state index in [-0.39, 0.29) is 19.1 Å². The number of imide groups is 1. The third-order valence-electron chi connectivity index (χ3n) is 4.26. The van der Waals surface area contributed by atoms with Crippen molar-refractivity contribution in [2.75, 3.05) is 6.61 Å². The molecule has 26 heavy (non-hydrogen) atoms. The quantitative estimate of drug-likeness (QED) is 0.727. The van der Waals surface area contributed by atoms with Crippen LogP contribution in [0.4, 0.5) is 4.79 Å². The maximum absolute atomic E-state index is 11.9. The minimum absolute atomic E-state index is 0.0141. The Morgan fingerprint density at radius 2 is 1.88 bits per heavy atom. The summed E-state index contributed by atoms with van der Waals surface area (Å²) < 4.78 is 10.6. The maximum Gasteiger partial charge on any atom is 0.321 e. The van der Waals surface area contributed by atoms with Crippen LogP contribution in [-0.4, -0.2) is 36.7 Å². The smallest absolute Gasteiger partial charge is 0.321 e. The fourth-order valence-electron chi connectivity index (χ4n) is 2.78. The summed E-state index contributed by atoms with van der Waals surface area (Å²) in [5.41, 5.74) is 0.974. The van der Waals surface area contributed by atoms with Crippen molar-refractivity contribution in [1.82, 2.24) is 10.6 Å². The average molecular weight is 362 g/mol. The number of benzene rings is 1. The van der Waals surface area contributed by atoms with Gasteiger partial charge in [-0.15, -0.1) is 0 Å². The number of hydrogen-bond donors (Lipinski definition) is 2. The van der Waals surface area contributed by atoms with E-state index >= 15 is 0 Å². The zero-order chi connectivity index (χ0) is 18.9. The molecule has 1 aliphatic rings. The van der Waals surface area contributed by atoms with Crippen LogP contribution in [-0.2, 0) is 14.3 Å². The third kappa shape index (κ3) is 6.38. The monoisotopic (exact) mass is 362 g/mol. The molecule has 2 rings (SSSR count). The molecule has 0 aliphatic heterocycles. The molecule has 1 unspecified atom stereocenters. The molecular weight excluding hydrogens is 336 g/mol. The van der Waals surface area contributed by atoms with Crippen molar-refractivity contribution in [2.24, 2.45) is 0 Å². The largest absolute Gasteiger partial charge is 0.493 e. The lowest BCUT2D eigenvalue weighted by Gasteiger charge is -2.15. The van der Waals surface area contributed by atoms with Crippen LogP contribution < -0.4 is 15.4 Å². The molecule has 0 saturated heterocycles. The molecule has 0 bridgehead atoms. The van der Waals surface area contributed by atoms with Crippen molar-refractivity contribution in [3.05, 3.63) is 29.8 Å². The minimum Gasteiger partial charge on any atom is -0.493 e. The first-order valence-electron chi connectivity index (χ1n) is 8.95. The van der Waals surface area contributed by atoms with Gasteiger partial charge < -0.3 is 14.8 Å². The summed E-state index contributed by atoms with van der Waals surface area (Å²) in [7, 11) is 0. The van der Waals surface area contributed by atoms with Gasteiger partial charge in [0.05, 0.1) is 13.0 Å². The molecular formula is C19H26N2O5. The van der Waals surface area contributed by atoms with Crippen molar-refractivity contribution in [2.45, 2.75) is 58.1 Å². The molecule has 0 radical (unpaired) electrons. The van der Waals surface area contributed by atoms with Crippen molar-refractivity contribution in [3.63, 3.8) is 0 Å². The Labute approximate surface area is 153 Å². The van der Waals surface area contributed by atoms with E-state index in [1.807, 2.05) is 31.2 Å². The Bertz CT molecular complexity index is 641. The Morgan fingerprint density at radius 1 is 1.19 bits per heavy atom. The number of nitrogens with one attached hydrogen (secondary N) is 2. The first-order chi connectivity index (χ1) is 12.5. The van der Waals surface area contributed by atoms with Crippen LogP contribution in [0.25, 0.3) is 0 Å². The highest BCUT2D eigenvalue weighted by atomic mass is 16.5. The molecule has 1 atom stereocenters. The fourth-order valence-corrected chi connectivity index (χ4v) is 2.78. The first-order valence-corrected chi connectivity index (χ1v) is 8.95. The standard InChI is InChI=1S/C19H26N2O5/c1-13-7-3-6-10-16(13)25-12-11-17(22)26-14(2)18(23)21-19(24)20-15-8-4-5-9-15/h3,6-7,10,14-15H,4-5,8-9,11-12H2,1-2H3,(H2,20,21,23,24). The number of rotatable bonds is 7. The second-order valence-corrected chi connectivity index (χ2v) is 6.44. The molecule has 0 aromatic heterocycles. The van der Waals surface area contributed by atoms with Gasteiger partial charge in [-0.1, -0.05) is 31.0 Å². The highest BCUT2D eigenvalue weighted by Crippen LogP contribution is 2.17. The fraction of sp³-hybridized carbons (Fsp3) is 0.526. The Hall–Kier alpha value is -2.57. The van der Waals surface area contributed by atoms with Crippen molar-refractivity contribution >= 4 is 17.9 Å². The molecule has 1 aromatic carbocycles. The highest BCUT2D eigenvalue weighted by Gasteiger charge is 2.22. The number of urea groups is 1. The topological polar surface area (TPSA) is 93.7 Å². The molecule has 0 heterocycles. The van der Waals surface area contributed by atoms with Crippen LogP contribution in [0.15, 0.2) is 24.3 Å². The van der Waals surface area contributed by atoms with E-state index < -0.39 is 24.0 Å². The van der Waals surface area contributed by atoms with E-state index in [0.29, 0.717) is 5.75 Å². The normalized spacial score (nSPS) is 15.2. The molecule has 3 amide bonds. The van der Waals surface area contributed by atoms with Crippen LogP contribution in [0.5, 0.6) is 5.75 Å². The van der Waals surface area contributed by atoms with E-state index in [1.165, 1.54) is 6.92 Å². The van der Waals surface area contributed by atoms with Crippen LogP contribution in [0.2, 0.25) is 0 Å². The number of carbonyl (C=O) groups is 3. The molecule has 1 aromatic rings. The highest BCUT2D eigenvalue weighted by molar-refractivity contribution is 5.97. The molecule has 0 spiro atoms. The van der Waals surface area contributed by atoms with Gasteiger partial charge in [0.1, 0.15) is 5.75 Å². The summed E-state index contributed by atoms with van der Waals surface area (Å²) >= 11 is 0. The van der Waals surface area contributed by atoms with E-state index in [4.69, 9.17) is 9.47 Å². The number of carbonyl (C=O) groups excluding carboxylic acids is 3. The SMILES string of the molecule is Cc1ccccc1OCCC(=O)OC(C)C(=O)NC(=O)NC1CCCC1. The predicted octanol–water partition coefficient (Wildman–Crippen LogP) is 2.46. The second kappa shape index (κ2) is 9.79. The van der Waals surface area contributed by atoms with Gasteiger partial charge in [-0.2, -0.15) is 0 Å². The van der Waals surface area contributed by atoms with Crippen LogP contribution in [0, 0.1) is 6.92 Å². The predicted molar refractivity (Wildman–Crippen MR) is 95.8 cm³/mol. The van der Waals surface area contributed by atoms with E-state index in [2.05, 4.69) is 10.6 Å². The number of hydrogen-bond acceptors (Lipinski definition) is 5. The van der Waals surface area contributed by atoms with Gasteiger partial charge in [0, 0.05) is 6.04 Å². The van der Waals surface area contributed by atoms with Crippen molar-refractivity contribution < 1.29 is 23.9 Å². The van der Waals surface area contributed by atoms with Gasteiger partial charge in [-0.3, -0.25) is 14.9 Å². The summed E-state index contributed by atoms with van der Waals surface area (Å²) in [5, 5.41) is 4.95. The molecule has 7 heteroatoms. The Balaban J connectivity index is 1.66. The number of para-hydroxylation sites is 1. The minimum atomic E-state index is -1.05. The number of amides is 3. The third-order valence-corrected chi connectivity index (χ3v) is 4.26. The summed E-state index contributed by atoms with van der Waals surface area (Å²) in [6, 6.07) is 7.05. The van der Waals surface area contributed by atoms with E-state index in [1.54, 1.807) is 0 Å². The van der Waals surface area contributed by atoms with Crippen molar-refractivity contribution in [1.29, 1.82) is 0 Å². The van der Waals surface area contributed by atoms with Gasteiger partial charge in [0.25, 0.3) is 5.91 Å². The molecule has 2 N–H and O–H groups in total. The van der Waals surface area contributed by atoms with Crippen LogP contribution in [0.3, 0.4) is 0 Å². The van der Waals surface area contributed by atoms with Crippen LogP contribution >= 0.6 is 0 Å². The zero-order valence-electron chi connectivity index (χ0n) is 15.2. The lowest BCUT2D eigenvalue weighted by molar-refractivity contribution is -0.154. The lowest BCUT2D eigenvalue weighted by Crippen LogP contribution is -2.47. The van der Waals surface area contributed by atoms with Crippen molar-refractivity contribution in [3.8, 4) is 5.75 Å². The molecule has 142 valence electrons. The molecule has 1 aliphatic carbocycles. The van der Waals surface area contributed by atoms with Gasteiger partial charge in [0.2, 0.25) is 0 Å². The average Bonchev–Trinajstić information content (AvgIpc) is 3.09. The molecule has 1 saturated carbocycles. The maximum atomic E-state index is 11.9. The van der Waals surface area contributed by atoms with Gasteiger partial charge >= 0.3 is 12.0 Å². The summed E-state index contributed by atoms with van der Waals surface area (Å²) in [6.45, 7) is 3.50. The van der Waals surface area contributed by atoms with E-state index in [9.17, 15) is 14.4 Å². The summed E-state index contributed by atoms with van der Waals surface area (Å²) in [5.74, 6) is -0.499. The van der Waals surface area contributed by atoms with E-state index in [0.717, 1.165) is 31.2 Å². The van der Waals surface area contributed by atoms with Gasteiger partial charge in [-0.05, 0) is 38.3 Å². The lowest BCUT2D eigenvalue weighted by atomic mass is 10.2. The first kappa shape index (κ1) is 19.8. The summed E-state index contributed by atoms with van der Waals surface area (Å²) in [4.78, 5) is 35.5.